The fourth-order valence-corrected chi connectivity index (χ4v) is 1.34. The van der Waals surface area contributed by atoms with E-state index in [1.807, 2.05) is 13.8 Å². The normalized spacial score (nSPS) is 14.5. The van der Waals surface area contributed by atoms with Crippen molar-refractivity contribution in [2.75, 3.05) is 0 Å². The molecule has 0 rings (SSSR count). The molecule has 0 spiro atoms. The van der Waals surface area contributed by atoms with Gasteiger partial charge < -0.3 is 0 Å². The molecule has 0 aromatic rings. The second kappa shape index (κ2) is 5.99. The lowest BCUT2D eigenvalue weighted by Crippen LogP contribution is -1.99. The molecule has 1 atom stereocenters. The van der Waals surface area contributed by atoms with E-state index in [1.54, 1.807) is 0 Å². The minimum atomic E-state index is 0.276. The highest BCUT2D eigenvalue weighted by Crippen LogP contribution is 2.10. The molecule has 0 aliphatic carbocycles. The van der Waals surface area contributed by atoms with Crippen LogP contribution in [0.4, 0.5) is 0 Å². The summed E-state index contributed by atoms with van der Waals surface area (Å²) in [6.07, 6.45) is 5.08. The van der Waals surface area contributed by atoms with Crippen LogP contribution in [0.5, 0.6) is 0 Å². The van der Waals surface area contributed by atoms with Crippen molar-refractivity contribution in [2.45, 2.75) is 47.0 Å². The van der Waals surface area contributed by atoms with Crippen LogP contribution in [-0.2, 0) is 4.79 Å². The van der Waals surface area contributed by atoms with Crippen LogP contribution < -0.4 is 0 Å². The first kappa shape index (κ1) is 11.4. The molecule has 0 saturated heterocycles. The number of ketones is 1. The number of allylic oxidation sites excluding steroid dienone is 2. The van der Waals surface area contributed by atoms with E-state index in [-0.39, 0.29) is 5.78 Å². The van der Waals surface area contributed by atoms with Gasteiger partial charge in [0.05, 0.1) is 0 Å². The third kappa shape index (κ3) is 4.32. The van der Waals surface area contributed by atoms with Crippen molar-refractivity contribution < 1.29 is 4.79 Å². The highest BCUT2D eigenvalue weighted by molar-refractivity contribution is 5.94. The molecule has 1 nitrogen and oxygen atoms in total. The quantitative estimate of drug-likeness (QED) is 0.575. The van der Waals surface area contributed by atoms with Crippen molar-refractivity contribution in [3.05, 3.63) is 11.6 Å². The molecule has 0 unspecified atom stereocenters. The Bertz CT molecular complexity index is 168. The standard InChI is InChI=1S/C11H20O/c1-5-7-9(3)8-10(4)11(12)6-2/h8-9H,5-7H2,1-4H3/b10-8+/t9-/m1/s1. The van der Waals surface area contributed by atoms with Crippen LogP contribution in [0.25, 0.3) is 0 Å². The number of hydrogen-bond acceptors (Lipinski definition) is 1. The van der Waals surface area contributed by atoms with Gasteiger partial charge in [0.15, 0.2) is 5.78 Å². The first-order chi connectivity index (χ1) is 5.61. The average Bonchev–Trinajstić information content (AvgIpc) is 2.03. The summed E-state index contributed by atoms with van der Waals surface area (Å²) in [5.41, 5.74) is 0.929. The summed E-state index contributed by atoms with van der Waals surface area (Å²) in [5.74, 6) is 0.823. The van der Waals surface area contributed by atoms with Gasteiger partial charge in [-0.3, -0.25) is 4.79 Å². The Labute approximate surface area is 75.9 Å². The highest BCUT2D eigenvalue weighted by atomic mass is 16.1. The van der Waals surface area contributed by atoms with Crippen LogP contribution in [0.1, 0.15) is 47.0 Å². The molecule has 0 bridgehead atoms. The van der Waals surface area contributed by atoms with E-state index >= 15 is 0 Å². The van der Waals surface area contributed by atoms with Gasteiger partial charge in [0.1, 0.15) is 0 Å². The van der Waals surface area contributed by atoms with Crippen molar-refractivity contribution >= 4 is 5.78 Å². The van der Waals surface area contributed by atoms with Gasteiger partial charge in [-0.05, 0) is 24.8 Å². The minimum absolute atomic E-state index is 0.276. The molecule has 1 heteroatoms. The summed E-state index contributed by atoms with van der Waals surface area (Å²) < 4.78 is 0. The lowest BCUT2D eigenvalue weighted by Gasteiger charge is -2.05. The van der Waals surface area contributed by atoms with Crippen LogP contribution >= 0.6 is 0 Å². The number of rotatable bonds is 5. The van der Waals surface area contributed by atoms with Crippen LogP contribution in [0, 0.1) is 5.92 Å². The zero-order valence-corrected chi connectivity index (χ0v) is 8.68. The molecule has 0 fully saturated rings. The molecular formula is C11H20O. The largest absolute Gasteiger partial charge is 0.295 e. The predicted molar refractivity (Wildman–Crippen MR) is 53.1 cm³/mol. The second-order valence-corrected chi connectivity index (χ2v) is 3.39. The fraction of sp³-hybridized carbons (Fsp3) is 0.727. The Hall–Kier alpha value is -0.590. The zero-order chi connectivity index (χ0) is 9.56. The molecular weight excluding hydrogens is 148 g/mol. The van der Waals surface area contributed by atoms with Crippen molar-refractivity contribution in [3.63, 3.8) is 0 Å². The monoisotopic (exact) mass is 168 g/mol. The summed E-state index contributed by atoms with van der Waals surface area (Å²) in [4.78, 5) is 11.2. The second-order valence-electron chi connectivity index (χ2n) is 3.39. The third-order valence-corrected chi connectivity index (χ3v) is 2.04. The smallest absolute Gasteiger partial charge is 0.157 e. The zero-order valence-electron chi connectivity index (χ0n) is 8.68. The van der Waals surface area contributed by atoms with Gasteiger partial charge in [-0.1, -0.05) is 33.3 Å². The number of carbonyl (C=O) groups is 1. The van der Waals surface area contributed by atoms with Crippen molar-refractivity contribution in [3.8, 4) is 0 Å². The molecule has 0 aromatic carbocycles. The molecule has 0 radical (unpaired) electrons. The van der Waals surface area contributed by atoms with Crippen molar-refractivity contribution in [1.29, 1.82) is 0 Å². The SMILES string of the molecule is CCC[C@@H](C)/C=C(\C)C(=O)CC. The molecule has 70 valence electrons. The van der Waals surface area contributed by atoms with Crippen LogP contribution in [0.15, 0.2) is 11.6 Å². The molecule has 0 heterocycles. The summed E-state index contributed by atoms with van der Waals surface area (Å²) >= 11 is 0. The molecule has 0 amide bonds. The van der Waals surface area contributed by atoms with Gasteiger partial charge in [-0.2, -0.15) is 0 Å². The Morgan fingerprint density at radius 3 is 2.42 bits per heavy atom. The summed E-state index contributed by atoms with van der Waals surface area (Å²) in [5, 5.41) is 0. The van der Waals surface area contributed by atoms with Crippen molar-refractivity contribution in [1.82, 2.24) is 0 Å². The molecule has 0 saturated carbocycles. The van der Waals surface area contributed by atoms with Gasteiger partial charge in [0, 0.05) is 6.42 Å². The summed E-state index contributed by atoms with van der Waals surface area (Å²) in [6, 6.07) is 0. The molecule has 0 aliphatic rings. The Morgan fingerprint density at radius 1 is 1.42 bits per heavy atom. The lowest BCUT2D eigenvalue weighted by atomic mass is 10.0. The average molecular weight is 168 g/mol. The maximum Gasteiger partial charge on any atom is 0.157 e. The maximum atomic E-state index is 11.2. The fourth-order valence-electron chi connectivity index (χ4n) is 1.34. The minimum Gasteiger partial charge on any atom is -0.295 e. The summed E-state index contributed by atoms with van der Waals surface area (Å²) in [6.45, 7) is 8.15. The van der Waals surface area contributed by atoms with Gasteiger partial charge in [0.2, 0.25) is 0 Å². The van der Waals surface area contributed by atoms with Gasteiger partial charge in [-0.25, -0.2) is 0 Å². The first-order valence-electron chi connectivity index (χ1n) is 4.83. The highest BCUT2D eigenvalue weighted by Gasteiger charge is 2.02. The van der Waals surface area contributed by atoms with E-state index in [1.165, 1.54) is 12.8 Å². The van der Waals surface area contributed by atoms with E-state index < -0.39 is 0 Å². The van der Waals surface area contributed by atoms with Crippen LogP contribution in [0.2, 0.25) is 0 Å². The number of Topliss-reactive ketones (excluding diaryl/α,β-unsaturated/α-hetero) is 1. The van der Waals surface area contributed by atoms with Gasteiger partial charge >= 0.3 is 0 Å². The Kier molecular flexibility index (Phi) is 5.69. The predicted octanol–water partition coefficient (Wildman–Crippen LogP) is 3.35. The Balaban J connectivity index is 4.05. The molecule has 0 aromatic heterocycles. The lowest BCUT2D eigenvalue weighted by molar-refractivity contribution is -0.115. The Morgan fingerprint density at radius 2 is 2.00 bits per heavy atom. The van der Waals surface area contributed by atoms with Gasteiger partial charge in [0.25, 0.3) is 0 Å². The van der Waals surface area contributed by atoms with Crippen LogP contribution in [-0.4, -0.2) is 5.78 Å². The molecule has 0 aliphatic heterocycles. The molecule has 12 heavy (non-hydrogen) atoms. The van der Waals surface area contributed by atoms with E-state index in [0.29, 0.717) is 12.3 Å². The van der Waals surface area contributed by atoms with E-state index in [0.717, 1.165) is 5.57 Å². The number of carbonyl (C=O) groups excluding carboxylic acids is 1. The topological polar surface area (TPSA) is 17.1 Å². The molecule has 0 N–H and O–H groups in total. The van der Waals surface area contributed by atoms with Crippen molar-refractivity contribution in [2.24, 2.45) is 5.92 Å². The van der Waals surface area contributed by atoms with E-state index in [2.05, 4.69) is 19.9 Å². The first-order valence-corrected chi connectivity index (χ1v) is 4.83. The van der Waals surface area contributed by atoms with E-state index in [9.17, 15) is 4.79 Å². The van der Waals surface area contributed by atoms with Gasteiger partial charge in [-0.15, -0.1) is 0 Å². The van der Waals surface area contributed by atoms with E-state index in [4.69, 9.17) is 0 Å². The number of hydrogen-bond donors (Lipinski definition) is 0. The summed E-state index contributed by atoms with van der Waals surface area (Å²) in [7, 11) is 0. The maximum absolute atomic E-state index is 11.2. The third-order valence-electron chi connectivity index (χ3n) is 2.04. The van der Waals surface area contributed by atoms with Crippen LogP contribution in [0.3, 0.4) is 0 Å².